The van der Waals surface area contributed by atoms with Crippen LogP contribution in [-0.2, 0) is 9.53 Å². The van der Waals surface area contributed by atoms with Crippen LogP contribution in [0.4, 0.5) is 14.5 Å². The van der Waals surface area contributed by atoms with Crippen LogP contribution in [0, 0.1) is 11.6 Å². The number of nitrogens with one attached hydrogen (secondary N) is 1. The van der Waals surface area contributed by atoms with Gasteiger partial charge in [0.15, 0.2) is 0 Å². The number of likely N-dealkylation sites (N-methyl/N-ethyl adjacent to an activating group) is 1. The summed E-state index contributed by atoms with van der Waals surface area (Å²) in [4.78, 5) is 12.7. The molecule has 1 aromatic carbocycles. The zero-order valence-corrected chi connectivity index (χ0v) is 12.6. The maximum Gasteiger partial charge on any atom is 0.239 e. The zero-order chi connectivity index (χ0) is 16.0. The van der Waals surface area contributed by atoms with Crippen LogP contribution in [0.1, 0.15) is 5.56 Å². The van der Waals surface area contributed by atoms with Gasteiger partial charge in [0, 0.05) is 26.3 Å². The maximum atomic E-state index is 13.9. The number of amides is 1. The molecule has 0 aliphatic rings. The lowest BCUT2D eigenvalue weighted by molar-refractivity contribution is -0.119. The molecule has 1 rings (SSSR count). The molecule has 5 nitrogen and oxygen atoms in total. The molecule has 0 atom stereocenters. The minimum atomic E-state index is -0.829. The normalized spacial score (nSPS) is 10.3. The van der Waals surface area contributed by atoms with Gasteiger partial charge in [-0.25, -0.2) is 8.78 Å². The Morgan fingerprint density at radius 1 is 1.43 bits per heavy atom. The molecule has 0 fully saturated rings. The van der Waals surface area contributed by atoms with Crippen molar-refractivity contribution in [3.8, 4) is 0 Å². The molecule has 0 unspecified atom stereocenters. The van der Waals surface area contributed by atoms with Crippen molar-refractivity contribution in [1.82, 2.24) is 5.32 Å². The van der Waals surface area contributed by atoms with Gasteiger partial charge >= 0.3 is 0 Å². The highest BCUT2D eigenvalue weighted by Crippen LogP contribution is 2.24. The summed E-state index contributed by atoms with van der Waals surface area (Å²) in [5.41, 5.74) is 5.13. The van der Waals surface area contributed by atoms with Crippen molar-refractivity contribution in [3.63, 3.8) is 0 Å². The highest BCUT2D eigenvalue weighted by Gasteiger charge is 2.18. The maximum absolute atomic E-state index is 13.9. The van der Waals surface area contributed by atoms with E-state index in [1.165, 1.54) is 19.1 Å². The Balaban J connectivity index is 2.80. The van der Waals surface area contributed by atoms with Crippen molar-refractivity contribution < 1.29 is 18.3 Å². The van der Waals surface area contributed by atoms with Gasteiger partial charge in [-0.1, -0.05) is 12.2 Å². The van der Waals surface area contributed by atoms with Gasteiger partial charge in [0.2, 0.25) is 5.91 Å². The predicted octanol–water partition coefficient (Wildman–Crippen LogP) is 0.798. The summed E-state index contributed by atoms with van der Waals surface area (Å²) in [5.74, 6) is -2.03. The van der Waals surface area contributed by atoms with Crippen LogP contribution in [-0.4, -0.2) is 44.7 Å². The molecule has 0 saturated carbocycles. The molecule has 0 aromatic heterocycles. The lowest BCUT2D eigenvalue weighted by atomic mass is 10.1. The van der Waals surface area contributed by atoms with Crippen molar-refractivity contribution in [1.29, 1.82) is 0 Å². The molecule has 0 heterocycles. The van der Waals surface area contributed by atoms with E-state index in [9.17, 15) is 13.6 Å². The predicted molar refractivity (Wildman–Crippen MR) is 80.4 cm³/mol. The third-order valence-electron chi connectivity index (χ3n) is 2.69. The molecule has 0 bridgehead atoms. The minimum Gasteiger partial charge on any atom is -0.389 e. The van der Waals surface area contributed by atoms with E-state index >= 15 is 0 Å². The molecule has 8 heteroatoms. The SMILES string of the molecule is COCCNC(=O)CN(C)c1c(F)cc(C(N)=S)cc1F. The molecule has 0 spiro atoms. The van der Waals surface area contributed by atoms with Crippen LogP contribution in [0.25, 0.3) is 0 Å². The number of nitrogens with two attached hydrogens (primary N) is 1. The molecular weight excluding hydrogens is 300 g/mol. The van der Waals surface area contributed by atoms with Crippen LogP contribution in [0.5, 0.6) is 0 Å². The van der Waals surface area contributed by atoms with Crippen LogP contribution in [0.3, 0.4) is 0 Å². The summed E-state index contributed by atoms with van der Waals surface area (Å²) in [6.07, 6.45) is 0. The number of methoxy groups -OCH3 is 1. The average Bonchev–Trinajstić information content (AvgIpc) is 2.37. The first-order valence-electron chi connectivity index (χ1n) is 6.12. The van der Waals surface area contributed by atoms with Crippen molar-refractivity contribution >= 4 is 28.8 Å². The smallest absolute Gasteiger partial charge is 0.239 e. The number of halogens is 2. The van der Waals surface area contributed by atoms with Gasteiger partial charge < -0.3 is 20.7 Å². The summed E-state index contributed by atoms with van der Waals surface area (Å²) < 4.78 is 32.6. The Kier molecular flexibility index (Phi) is 6.44. The van der Waals surface area contributed by atoms with Gasteiger partial charge in [-0.15, -0.1) is 0 Å². The van der Waals surface area contributed by atoms with Crippen molar-refractivity contribution in [2.45, 2.75) is 0 Å². The Bertz CT molecular complexity index is 517. The number of anilines is 1. The lowest BCUT2D eigenvalue weighted by Gasteiger charge is -2.20. The monoisotopic (exact) mass is 317 g/mol. The largest absolute Gasteiger partial charge is 0.389 e. The molecule has 0 radical (unpaired) electrons. The second-order valence-electron chi connectivity index (χ2n) is 4.35. The molecule has 3 N–H and O–H groups in total. The Hall–Kier alpha value is -1.80. The Morgan fingerprint density at radius 2 is 2.00 bits per heavy atom. The fourth-order valence-electron chi connectivity index (χ4n) is 1.72. The molecule has 1 aromatic rings. The first kappa shape index (κ1) is 17.3. The molecule has 116 valence electrons. The number of carbonyl (C=O) groups is 1. The summed E-state index contributed by atoms with van der Waals surface area (Å²) in [6.45, 7) is 0.499. The standard InChI is InChI=1S/C13H17F2N3O2S/c1-18(7-11(19)17-3-4-20-2)12-9(14)5-8(13(16)21)6-10(12)15/h5-6H,3-4,7H2,1-2H3,(H2,16,21)(H,17,19). The number of nitrogens with zero attached hydrogens (tertiary/aromatic N) is 1. The van der Waals surface area contributed by atoms with Crippen LogP contribution in [0.2, 0.25) is 0 Å². The number of rotatable bonds is 7. The van der Waals surface area contributed by atoms with Gasteiger partial charge in [-0.05, 0) is 12.1 Å². The second-order valence-corrected chi connectivity index (χ2v) is 4.79. The number of hydrogen-bond donors (Lipinski definition) is 2. The highest BCUT2D eigenvalue weighted by atomic mass is 32.1. The summed E-state index contributed by atoms with van der Waals surface area (Å²) in [5, 5.41) is 2.56. The molecular formula is C13H17F2N3O2S. The third-order valence-corrected chi connectivity index (χ3v) is 2.93. The number of hydrogen-bond acceptors (Lipinski definition) is 4. The van der Waals surface area contributed by atoms with Crippen LogP contribution < -0.4 is 16.0 Å². The van der Waals surface area contributed by atoms with Gasteiger partial charge in [-0.3, -0.25) is 4.79 Å². The van der Waals surface area contributed by atoms with Crippen molar-refractivity contribution in [2.75, 3.05) is 38.8 Å². The van der Waals surface area contributed by atoms with E-state index < -0.39 is 11.6 Å². The first-order chi connectivity index (χ1) is 9.86. The Labute approximate surface area is 127 Å². The number of benzene rings is 1. The zero-order valence-electron chi connectivity index (χ0n) is 11.8. The summed E-state index contributed by atoms with van der Waals surface area (Å²) in [6, 6.07) is 2.08. The van der Waals surface area contributed by atoms with E-state index in [1.54, 1.807) is 0 Å². The fourth-order valence-corrected chi connectivity index (χ4v) is 1.83. The average molecular weight is 317 g/mol. The van der Waals surface area contributed by atoms with E-state index in [2.05, 4.69) is 17.5 Å². The topological polar surface area (TPSA) is 67.6 Å². The van der Waals surface area contributed by atoms with Gasteiger partial charge in [-0.2, -0.15) is 0 Å². The first-order valence-corrected chi connectivity index (χ1v) is 6.53. The molecule has 0 aliphatic carbocycles. The van der Waals surface area contributed by atoms with Crippen molar-refractivity contribution in [2.24, 2.45) is 5.73 Å². The second kappa shape index (κ2) is 7.84. The van der Waals surface area contributed by atoms with Crippen LogP contribution >= 0.6 is 12.2 Å². The molecule has 0 aliphatic heterocycles. The van der Waals surface area contributed by atoms with E-state index in [-0.39, 0.29) is 28.7 Å². The molecule has 1 amide bonds. The van der Waals surface area contributed by atoms with Gasteiger partial charge in [0.05, 0.1) is 13.2 Å². The fraction of sp³-hybridized carbons (Fsp3) is 0.385. The highest BCUT2D eigenvalue weighted by molar-refractivity contribution is 7.80. The summed E-state index contributed by atoms with van der Waals surface area (Å²) >= 11 is 4.67. The minimum absolute atomic E-state index is 0.0979. The van der Waals surface area contributed by atoms with Crippen LogP contribution in [0.15, 0.2) is 12.1 Å². The molecule has 0 saturated heterocycles. The van der Waals surface area contributed by atoms with Crippen molar-refractivity contribution in [3.05, 3.63) is 29.3 Å². The van der Waals surface area contributed by atoms with E-state index in [0.717, 1.165) is 12.1 Å². The molecule has 21 heavy (non-hydrogen) atoms. The van der Waals surface area contributed by atoms with E-state index in [1.807, 2.05) is 0 Å². The lowest BCUT2D eigenvalue weighted by Crippen LogP contribution is -2.37. The third kappa shape index (κ3) is 4.91. The van der Waals surface area contributed by atoms with E-state index in [4.69, 9.17) is 10.5 Å². The quantitative estimate of drug-likeness (QED) is 0.575. The number of carbonyl (C=O) groups excluding carboxylic acids is 1. The van der Waals surface area contributed by atoms with E-state index in [0.29, 0.717) is 13.2 Å². The van der Waals surface area contributed by atoms with Gasteiger partial charge in [0.1, 0.15) is 22.3 Å². The Morgan fingerprint density at radius 3 is 2.48 bits per heavy atom. The summed E-state index contributed by atoms with van der Waals surface area (Å²) in [7, 11) is 2.92. The number of thiocarbonyl (C=S) groups is 1. The van der Waals surface area contributed by atoms with Gasteiger partial charge in [0.25, 0.3) is 0 Å². The number of ether oxygens (including phenoxy) is 1.